The molecule has 0 atom stereocenters. The van der Waals surface area contributed by atoms with Crippen LogP contribution in [-0.2, 0) is 0 Å². The SMILES string of the molecule is BrC=CBr.C=C.Cl. The van der Waals surface area contributed by atoms with E-state index < -0.39 is 0 Å². The highest BCUT2D eigenvalue weighted by molar-refractivity contribution is 9.13. The minimum absolute atomic E-state index is 0. The summed E-state index contributed by atoms with van der Waals surface area (Å²) in [6.07, 6.45) is 0. The van der Waals surface area contributed by atoms with Crippen molar-refractivity contribution in [3.05, 3.63) is 23.1 Å². The van der Waals surface area contributed by atoms with E-state index in [1.165, 1.54) is 0 Å². The van der Waals surface area contributed by atoms with Crippen LogP contribution in [0.5, 0.6) is 0 Å². The van der Waals surface area contributed by atoms with Gasteiger partial charge >= 0.3 is 0 Å². The van der Waals surface area contributed by atoms with Crippen LogP contribution < -0.4 is 0 Å². The molecule has 44 valence electrons. The molecule has 0 unspecified atom stereocenters. The lowest BCUT2D eigenvalue weighted by Gasteiger charge is -1.44. The molecule has 0 aliphatic rings. The molecular formula is C4H7Br2Cl. The van der Waals surface area contributed by atoms with Crippen molar-refractivity contribution in [2.24, 2.45) is 0 Å². The Morgan fingerprint density at radius 3 is 1.14 bits per heavy atom. The van der Waals surface area contributed by atoms with Crippen molar-refractivity contribution in [1.82, 2.24) is 0 Å². The lowest BCUT2D eigenvalue weighted by Crippen LogP contribution is -1.07. The van der Waals surface area contributed by atoms with E-state index in [1.54, 1.807) is 9.97 Å². The van der Waals surface area contributed by atoms with Crippen molar-refractivity contribution < 1.29 is 0 Å². The fourth-order valence-electron chi connectivity index (χ4n) is 0. The van der Waals surface area contributed by atoms with E-state index >= 15 is 0 Å². The molecular weight excluding hydrogens is 243 g/mol. The van der Waals surface area contributed by atoms with Gasteiger partial charge in [-0.05, 0) is 9.97 Å². The third-order valence-corrected chi connectivity index (χ3v) is 1.29. The van der Waals surface area contributed by atoms with Crippen LogP contribution in [-0.4, -0.2) is 0 Å². The minimum Gasteiger partial charge on any atom is -0.147 e. The summed E-state index contributed by atoms with van der Waals surface area (Å²) in [4.78, 5) is 3.46. The summed E-state index contributed by atoms with van der Waals surface area (Å²) < 4.78 is 0. The number of rotatable bonds is 0. The fourth-order valence-corrected chi connectivity index (χ4v) is 0. The maximum atomic E-state index is 3.02. The predicted molar refractivity (Wildman–Crippen MR) is 45.5 cm³/mol. The second-order valence-corrected chi connectivity index (χ2v) is 1.31. The molecule has 0 aromatic rings. The Hall–Kier alpha value is 0.730. The Balaban J connectivity index is -0.0000000480. The first kappa shape index (κ1) is 15.6. The van der Waals surface area contributed by atoms with Gasteiger partial charge < -0.3 is 0 Å². The van der Waals surface area contributed by atoms with Crippen LogP contribution in [0.3, 0.4) is 0 Å². The third-order valence-electron chi connectivity index (χ3n) is 0.0476. The molecule has 0 aromatic heterocycles. The molecule has 0 aliphatic heterocycles. The summed E-state index contributed by atoms with van der Waals surface area (Å²) in [7, 11) is 0. The summed E-state index contributed by atoms with van der Waals surface area (Å²) in [6, 6.07) is 0. The molecule has 0 spiro atoms. The van der Waals surface area contributed by atoms with E-state index in [2.05, 4.69) is 45.0 Å². The van der Waals surface area contributed by atoms with Crippen LogP contribution >= 0.6 is 44.3 Å². The molecule has 0 aromatic carbocycles. The van der Waals surface area contributed by atoms with E-state index in [1.807, 2.05) is 0 Å². The molecule has 0 N–H and O–H groups in total. The molecule has 0 radical (unpaired) electrons. The second kappa shape index (κ2) is 29.6. The van der Waals surface area contributed by atoms with Gasteiger partial charge in [-0.25, -0.2) is 0 Å². The van der Waals surface area contributed by atoms with Crippen LogP contribution in [0.2, 0.25) is 0 Å². The van der Waals surface area contributed by atoms with Gasteiger partial charge in [-0.3, -0.25) is 0 Å². The van der Waals surface area contributed by atoms with Crippen molar-refractivity contribution in [3.8, 4) is 0 Å². The first-order valence-corrected chi connectivity index (χ1v) is 3.10. The average Bonchev–Trinajstić information content (AvgIpc) is 1.72. The normalized spacial score (nSPS) is 6.00. The Morgan fingerprint density at radius 2 is 1.14 bits per heavy atom. The van der Waals surface area contributed by atoms with Crippen molar-refractivity contribution in [2.45, 2.75) is 0 Å². The Labute approximate surface area is 67.3 Å². The summed E-state index contributed by atoms with van der Waals surface area (Å²) in [5.41, 5.74) is 0. The lowest BCUT2D eigenvalue weighted by molar-refractivity contribution is 2.65. The topological polar surface area (TPSA) is 0 Å². The first-order valence-electron chi connectivity index (χ1n) is 1.27. The lowest BCUT2D eigenvalue weighted by atomic mass is 11.3. The second-order valence-electron chi connectivity index (χ2n) is 0.252. The Morgan fingerprint density at radius 1 is 1.00 bits per heavy atom. The van der Waals surface area contributed by atoms with Crippen molar-refractivity contribution in [3.63, 3.8) is 0 Å². The highest BCUT2D eigenvalue weighted by Crippen LogP contribution is 1.86. The molecule has 0 rings (SSSR count). The molecule has 3 heteroatoms. The van der Waals surface area contributed by atoms with Gasteiger partial charge in [0.25, 0.3) is 0 Å². The third kappa shape index (κ3) is 50.3. The molecule has 0 heterocycles. The van der Waals surface area contributed by atoms with E-state index in [9.17, 15) is 0 Å². The molecule has 7 heavy (non-hydrogen) atoms. The van der Waals surface area contributed by atoms with Crippen molar-refractivity contribution in [1.29, 1.82) is 0 Å². The highest BCUT2D eigenvalue weighted by Gasteiger charge is 1.39. The molecule has 0 saturated carbocycles. The van der Waals surface area contributed by atoms with E-state index in [-0.39, 0.29) is 12.4 Å². The summed E-state index contributed by atoms with van der Waals surface area (Å²) in [6.45, 7) is 6.00. The maximum absolute atomic E-state index is 3.02. The Bertz CT molecular complexity index is 32.7. The predicted octanol–water partition coefficient (Wildman–Crippen LogP) is 3.47. The fraction of sp³-hybridized carbons (Fsp3) is 0. The zero-order valence-corrected chi connectivity index (χ0v) is 7.72. The van der Waals surface area contributed by atoms with Crippen LogP contribution in [0.15, 0.2) is 23.1 Å². The van der Waals surface area contributed by atoms with Crippen LogP contribution in [0.4, 0.5) is 0 Å². The number of hydrogen-bond donors (Lipinski definition) is 0. The van der Waals surface area contributed by atoms with E-state index in [0.29, 0.717) is 0 Å². The van der Waals surface area contributed by atoms with Gasteiger partial charge in [0.05, 0.1) is 0 Å². The van der Waals surface area contributed by atoms with E-state index in [4.69, 9.17) is 0 Å². The maximum Gasteiger partial charge on any atom is -0.0120 e. The zero-order chi connectivity index (χ0) is 5.41. The van der Waals surface area contributed by atoms with Gasteiger partial charge in [0.2, 0.25) is 0 Å². The molecule has 0 fully saturated rings. The standard InChI is InChI=1S/C2H2Br2.C2H4.ClH/c3-1-2-4;1-2;/h1-2H;1-2H2;1H. The molecule has 0 bridgehead atoms. The van der Waals surface area contributed by atoms with Gasteiger partial charge in [-0.15, -0.1) is 25.6 Å². The zero-order valence-electron chi connectivity index (χ0n) is 3.73. The van der Waals surface area contributed by atoms with Crippen molar-refractivity contribution in [2.75, 3.05) is 0 Å². The van der Waals surface area contributed by atoms with Crippen LogP contribution in [0, 0.1) is 0 Å². The molecule has 0 amide bonds. The van der Waals surface area contributed by atoms with Gasteiger partial charge in [0.15, 0.2) is 0 Å². The van der Waals surface area contributed by atoms with Crippen LogP contribution in [0.1, 0.15) is 0 Å². The summed E-state index contributed by atoms with van der Waals surface area (Å²) in [5.74, 6) is 0. The molecule has 0 saturated heterocycles. The Kier molecular flexibility index (Phi) is 66.3. The number of halogens is 3. The van der Waals surface area contributed by atoms with Crippen LogP contribution in [0.25, 0.3) is 0 Å². The summed E-state index contributed by atoms with van der Waals surface area (Å²) in [5, 5.41) is 0. The highest BCUT2D eigenvalue weighted by atomic mass is 79.9. The molecule has 0 aliphatic carbocycles. The minimum atomic E-state index is 0. The first-order chi connectivity index (χ1) is 2.91. The quantitative estimate of drug-likeness (QED) is 0.577. The smallest absolute Gasteiger partial charge is 0.0120 e. The summed E-state index contributed by atoms with van der Waals surface area (Å²) >= 11 is 6.04. The van der Waals surface area contributed by atoms with Crippen molar-refractivity contribution >= 4 is 44.3 Å². The van der Waals surface area contributed by atoms with E-state index in [0.717, 1.165) is 0 Å². The van der Waals surface area contributed by atoms with Gasteiger partial charge in [0, 0.05) is 0 Å². The monoisotopic (exact) mass is 248 g/mol. The number of hydrogen-bond acceptors (Lipinski definition) is 0. The van der Waals surface area contributed by atoms with Gasteiger partial charge in [-0.2, -0.15) is 0 Å². The average molecular weight is 250 g/mol. The molecule has 0 nitrogen and oxygen atoms in total. The largest absolute Gasteiger partial charge is 0.147 e. The van der Waals surface area contributed by atoms with Gasteiger partial charge in [0.1, 0.15) is 0 Å². The van der Waals surface area contributed by atoms with Gasteiger partial charge in [-0.1, -0.05) is 31.9 Å².